The van der Waals surface area contributed by atoms with E-state index in [-0.39, 0.29) is 18.5 Å². The lowest BCUT2D eigenvalue weighted by Gasteiger charge is -2.14. The van der Waals surface area contributed by atoms with E-state index >= 15 is 0 Å². The zero-order chi connectivity index (χ0) is 15.9. The molecular weight excluding hydrogens is 280 g/mol. The van der Waals surface area contributed by atoms with E-state index in [0.29, 0.717) is 11.3 Å². The lowest BCUT2D eigenvalue weighted by atomic mass is 10.1. The third kappa shape index (κ3) is 4.45. The maximum absolute atomic E-state index is 11.8. The summed E-state index contributed by atoms with van der Waals surface area (Å²) in [5, 5.41) is 0. The second-order valence-electron chi connectivity index (χ2n) is 4.92. The van der Waals surface area contributed by atoms with Crippen molar-refractivity contribution in [3.05, 3.63) is 65.7 Å². The minimum Gasteiger partial charge on any atom is -0.482 e. The lowest BCUT2D eigenvalue weighted by Crippen LogP contribution is -2.17. The van der Waals surface area contributed by atoms with E-state index in [1.165, 1.54) is 6.92 Å². The van der Waals surface area contributed by atoms with Gasteiger partial charge in [-0.05, 0) is 31.5 Å². The maximum atomic E-state index is 11.8. The average molecular weight is 298 g/mol. The monoisotopic (exact) mass is 298 g/mol. The van der Waals surface area contributed by atoms with Crippen LogP contribution in [0.1, 0.15) is 35.9 Å². The van der Waals surface area contributed by atoms with Crippen LogP contribution in [0.15, 0.2) is 54.6 Å². The Bertz CT molecular complexity index is 649. The van der Waals surface area contributed by atoms with Gasteiger partial charge in [-0.25, -0.2) is 4.79 Å². The highest BCUT2D eigenvalue weighted by atomic mass is 16.6. The fourth-order valence-electron chi connectivity index (χ4n) is 1.97. The van der Waals surface area contributed by atoms with Gasteiger partial charge < -0.3 is 9.47 Å². The first-order valence-electron chi connectivity index (χ1n) is 7.04. The highest BCUT2D eigenvalue weighted by Gasteiger charge is 2.12. The van der Waals surface area contributed by atoms with Gasteiger partial charge in [-0.1, -0.05) is 42.5 Å². The molecule has 0 amide bonds. The molecule has 0 aliphatic heterocycles. The van der Waals surface area contributed by atoms with Gasteiger partial charge >= 0.3 is 5.97 Å². The molecule has 4 nitrogen and oxygen atoms in total. The minimum absolute atomic E-state index is 0.0503. The molecule has 22 heavy (non-hydrogen) atoms. The van der Waals surface area contributed by atoms with Crippen LogP contribution in [0.4, 0.5) is 0 Å². The fourth-order valence-corrected chi connectivity index (χ4v) is 1.97. The van der Waals surface area contributed by atoms with Crippen molar-refractivity contribution in [2.75, 3.05) is 6.61 Å². The van der Waals surface area contributed by atoms with Crippen molar-refractivity contribution in [2.24, 2.45) is 0 Å². The first-order valence-corrected chi connectivity index (χ1v) is 7.04. The Morgan fingerprint density at radius 1 is 1.05 bits per heavy atom. The Kier molecular flexibility index (Phi) is 5.31. The van der Waals surface area contributed by atoms with E-state index in [4.69, 9.17) is 9.47 Å². The highest BCUT2D eigenvalue weighted by Crippen LogP contribution is 2.17. The van der Waals surface area contributed by atoms with E-state index in [9.17, 15) is 9.59 Å². The molecule has 0 aliphatic carbocycles. The first-order chi connectivity index (χ1) is 10.6. The summed E-state index contributed by atoms with van der Waals surface area (Å²) in [6.07, 6.45) is -0.333. The number of Topliss-reactive ketones (excluding diaryl/α,β-unsaturated/α-hetero) is 1. The Morgan fingerprint density at radius 3 is 2.45 bits per heavy atom. The van der Waals surface area contributed by atoms with Crippen molar-refractivity contribution in [1.82, 2.24) is 0 Å². The number of rotatable bonds is 6. The van der Waals surface area contributed by atoms with Crippen LogP contribution < -0.4 is 4.74 Å². The Morgan fingerprint density at radius 2 is 1.77 bits per heavy atom. The van der Waals surface area contributed by atoms with Gasteiger partial charge in [0.05, 0.1) is 0 Å². The predicted molar refractivity (Wildman–Crippen MR) is 82.9 cm³/mol. The smallest absolute Gasteiger partial charge is 0.344 e. The molecule has 0 radical (unpaired) electrons. The topological polar surface area (TPSA) is 52.6 Å². The summed E-state index contributed by atoms with van der Waals surface area (Å²) in [5.41, 5.74) is 1.47. The molecule has 114 valence electrons. The molecule has 2 rings (SSSR count). The molecule has 0 aliphatic rings. The molecule has 1 atom stereocenters. The number of benzene rings is 2. The molecule has 0 fully saturated rings. The third-order valence-corrected chi connectivity index (χ3v) is 3.17. The van der Waals surface area contributed by atoms with Crippen LogP contribution in [0.25, 0.3) is 0 Å². The van der Waals surface area contributed by atoms with Gasteiger partial charge in [0.2, 0.25) is 0 Å². The van der Waals surface area contributed by atoms with Crippen molar-refractivity contribution >= 4 is 11.8 Å². The number of hydrogen-bond acceptors (Lipinski definition) is 4. The Balaban J connectivity index is 1.88. The zero-order valence-electron chi connectivity index (χ0n) is 12.6. The predicted octanol–water partition coefficient (Wildman–Crippen LogP) is 3.57. The Labute approximate surface area is 129 Å². The SMILES string of the molecule is CC(=O)c1cccc(OCC(=O)OC(C)c2ccccc2)c1. The fraction of sp³-hybridized carbons (Fsp3) is 0.222. The second kappa shape index (κ2) is 7.41. The van der Waals surface area contributed by atoms with E-state index in [1.54, 1.807) is 24.3 Å². The molecule has 0 heterocycles. The number of ketones is 1. The van der Waals surface area contributed by atoms with Crippen LogP contribution >= 0.6 is 0 Å². The zero-order valence-corrected chi connectivity index (χ0v) is 12.6. The van der Waals surface area contributed by atoms with Crippen LogP contribution in [-0.4, -0.2) is 18.4 Å². The number of carbonyl (C=O) groups is 2. The van der Waals surface area contributed by atoms with E-state index in [2.05, 4.69) is 0 Å². The summed E-state index contributed by atoms with van der Waals surface area (Å²) < 4.78 is 10.7. The lowest BCUT2D eigenvalue weighted by molar-refractivity contribution is -0.151. The van der Waals surface area contributed by atoms with Gasteiger partial charge in [0.15, 0.2) is 12.4 Å². The van der Waals surface area contributed by atoms with Crippen molar-refractivity contribution in [1.29, 1.82) is 0 Å². The van der Waals surface area contributed by atoms with Crippen molar-refractivity contribution in [3.63, 3.8) is 0 Å². The summed E-state index contributed by atoms with van der Waals surface area (Å²) >= 11 is 0. The molecule has 0 saturated carbocycles. The van der Waals surface area contributed by atoms with Crippen molar-refractivity contribution in [3.8, 4) is 5.75 Å². The minimum atomic E-state index is -0.454. The third-order valence-electron chi connectivity index (χ3n) is 3.17. The van der Waals surface area contributed by atoms with Crippen LogP contribution in [0.5, 0.6) is 5.75 Å². The molecular formula is C18H18O4. The number of ether oxygens (including phenoxy) is 2. The molecule has 2 aromatic rings. The molecule has 0 aromatic heterocycles. The summed E-state index contributed by atoms with van der Waals surface area (Å²) in [4.78, 5) is 23.1. The summed E-state index contributed by atoms with van der Waals surface area (Å²) in [6.45, 7) is 3.09. The van der Waals surface area contributed by atoms with Crippen LogP contribution in [0.2, 0.25) is 0 Å². The molecule has 0 N–H and O–H groups in total. The number of hydrogen-bond donors (Lipinski definition) is 0. The van der Waals surface area contributed by atoms with Crippen molar-refractivity contribution in [2.45, 2.75) is 20.0 Å². The van der Waals surface area contributed by atoms with E-state index in [1.807, 2.05) is 37.3 Å². The summed E-state index contributed by atoms with van der Waals surface area (Å²) in [7, 11) is 0. The molecule has 0 bridgehead atoms. The molecule has 4 heteroatoms. The molecule has 0 spiro atoms. The van der Waals surface area contributed by atoms with Gasteiger partial charge in [-0.2, -0.15) is 0 Å². The average Bonchev–Trinajstić information content (AvgIpc) is 2.54. The standard InChI is InChI=1S/C18H18O4/c1-13(19)16-9-6-10-17(11-16)21-12-18(20)22-14(2)15-7-4-3-5-8-15/h3-11,14H,12H2,1-2H3. The van der Waals surface area contributed by atoms with Gasteiger partial charge in [-0.15, -0.1) is 0 Å². The summed E-state index contributed by atoms with van der Waals surface area (Å²) in [5.74, 6) is -0.0349. The summed E-state index contributed by atoms with van der Waals surface area (Å²) in [6, 6.07) is 16.2. The van der Waals surface area contributed by atoms with Gasteiger partial charge in [0.25, 0.3) is 0 Å². The molecule has 0 saturated heterocycles. The normalized spacial score (nSPS) is 11.5. The highest BCUT2D eigenvalue weighted by molar-refractivity contribution is 5.94. The quantitative estimate of drug-likeness (QED) is 0.604. The number of carbonyl (C=O) groups excluding carboxylic acids is 2. The second-order valence-corrected chi connectivity index (χ2v) is 4.92. The van der Waals surface area contributed by atoms with Gasteiger partial charge in [-0.3, -0.25) is 4.79 Å². The first kappa shape index (κ1) is 15.8. The van der Waals surface area contributed by atoms with Crippen LogP contribution in [0.3, 0.4) is 0 Å². The molecule has 1 unspecified atom stereocenters. The van der Waals surface area contributed by atoms with Crippen LogP contribution in [-0.2, 0) is 9.53 Å². The van der Waals surface area contributed by atoms with E-state index in [0.717, 1.165) is 5.56 Å². The molecule has 2 aromatic carbocycles. The number of esters is 1. The van der Waals surface area contributed by atoms with Crippen molar-refractivity contribution < 1.29 is 19.1 Å². The van der Waals surface area contributed by atoms with E-state index < -0.39 is 5.97 Å². The van der Waals surface area contributed by atoms with Gasteiger partial charge in [0, 0.05) is 5.56 Å². The van der Waals surface area contributed by atoms with Crippen LogP contribution in [0, 0.1) is 0 Å². The Hall–Kier alpha value is -2.62. The largest absolute Gasteiger partial charge is 0.482 e. The van der Waals surface area contributed by atoms with Gasteiger partial charge in [0.1, 0.15) is 11.9 Å². The maximum Gasteiger partial charge on any atom is 0.344 e.